The molecule has 1 aromatic rings. The fourth-order valence-electron chi connectivity index (χ4n) is 1.07. The lowest BCUT2D eigenvalue weighted by Crippen LogP contribution is -2.13. The quantitative estimate of drug-likeness (QED) is 0.845. The summed E-state index contributed by atoms with van der Waals surface area (Å²) >= 11 is 2.07. The predicted octanol–water partition coefficient (Wildman–Crippen LogP) is 3.21. The fraction of sp³-hybridized carbons (Fsp3) is 0.333. The zero-order valence-electron chi connectivity index (χ0n) is 7.34. The molecule has 0 unspecified atom stereocenters. The lowest BCUT2D eigenvalue weighted by atomic mass is 10.1. The molecule has 1 atom stereocenters. The molecule has 0 spiro atoms. The lowest BCUT2D eigenvalue weighted by Gasteiger charge is -2.10. The third-order valence-electron chi connectivity index (χ3n) is 1.78. The van der Waals surface area contributed by atoms with Crippen molar-refractivity contribution in [2.45, 2.75) is 12.5 Å². The van der Waals surface area contributed by atoms with E-state index < -0.39 is 12.7 Å². The Bertz CT molecular complexity index is 296. The number of rotatable bonds is 3. The zero-order valence-corrected chi connectivity index (χ0v) is 10.3. The molecule has 1 aromatic carbocycles. The van der Waals surface area contributed by atoms with Crippen LogP contribution in [-0.2, 0) is 0 Å². The van der Waals surface area contributed by atoms with E-state index in [1.807, 2.05) is 0 Å². The molecule has 0 aliphatic carbocycles. The molecule has 0 saturated heterocycles. The van der Waals surface area contributed by atoms with E-state index in [0.29, 0.717) is 5.56 Å². The molecule has 0 aliphatic rings. The molecule has 0 saturated carbocycles. The Hall–Kier alpha value is 0.0600. The topological polar surface area (TPSA) is 26.0 Å². The molecule has 5 heteroatoms. The van der Waals surface area contributed by atoms with Gasteiger partial charge in [0.2, 0.25) is 0 Å². The molecule has 0 fully saturated rings. The van der Waals surface area contributed by atoms with Crippen LogP contribution in [0.4, 0.5) is 8.78 Å². The minimum atomic E-state index is -0.542. The van der Waals surface area contributed by atoms with Crippen molar-refractivity contribution in [3.63, 3.8) is 0 Å². The minimum absolute atomic E-state index is 0. The van der Waals surface area contributed by atoms with E-state index in [2.05, 4.69) is 22.6 Å². The first-order valence-corrected chi connectivity index (χ1v) is 4.99. The average Bonchev–Trinajstić information content (AvgIpc) is 2.09. The Morgan fingerprint density at radius 1 is 1.43 bits per heavy atom. The number of hydrogen-bond donors (Lipinski definition) is 1. The molecule has 0 amide bonds. The summed E-state index contributed by atoms with van der Waals surface area (Å²) in [6.45, 7) is -0.522. The summed E-state index contributed by atoms with van der Waals surface area (Å²) in [6, 6.07) is 4.12. The molecular formula is C9H11ClF2IN. The maximum absolute atomic E-state index is 13.1. The molecule has 14 heavy (non-hydrogen) atoms. The highest BCUT2D eigenvalue weighted by Gasteiger charge is 2.11. The third-order valence-corrected chi connectivity index (χ3v) is 2.45. The number of nitrogens with two attached hydrogens (primary N) is 1. The van der Waals surface area contributed by atoms with Gasteiger partial charge in [0.1, 0.15) is 5.82 Å². The van der Waals surface area contributed by atoms with Crippen LogP contribution >= 0.6 is 35.0 Å². The van der Waals surface area contributed by atoms with E-state index in [-0.39, 0.29) is 24.6 Å². The van der Waals surface area contributed by atoms with E-state index in [9.17, 15) is 8.78 Å². The summed E-state index contributed by atoms with van der Waals surface area (Å²) in [6.07, 6.45) is 0.164. The van der Waals surface area contributed by atoms with Gasteiger partial charge in [-0.1, -0.05) is 0 Å². The van der Waals surface area contributed by atoms with Gasteiger partial charge in [-0.3, -0.25) is 4.39 Å². The molecule has 0 aliphatic heterocycles. The molecular weight excluding hydrogens is 322 g/mol. The van der Waals surface area contributed by atoms with Gasteiger partial charge in [0.15, 0.2) is 0 Å². The van der Waals surface area contributed by atoms with Gasteiger partial charge in [-0.15, -0.1) is 12.4 Å². The van der Waals surface area contributed by atoms with Gasteiger partial charge in [0, 0.05) is 15.2 Å². The summed E-state index contributed by atoms with van der Waals surface area (Å²) < 4.78 is 26.0. The van der Waals surface area contributed by atoms with Crippen LogP contribution in [0.15, 0.2) is 18.2 Å². The minimum Gasteiger partial charge on any atom is -0.324 e. The molecule has 1 nitrogen and oxygen atoms in total. The maximum atomic E-state index is 13.1. The normalized spacial score (nSPS) is 12.0. The summed E-state index contributed by atoms with van der Waals surface area (Å²) in [7, 11) is 0. The Morgan fingerprint density at radius 3 is 2.64 bits per heavy atom. The molecule has 0 bridgehead atoms. The van der Waals surface area contributed by atoms with Crippen LogP contribution in [0.5, 0.6) is 0 Å². The Balaban J connectivity index is 0.00000169. The van der Waals surface area contributed by atoms with Crippen molar-refractivity contribution >= 4 is 35.0 Å². The smallest absolute Gasteiger partial charge is 0.128 e. The zero-order chi connectivity index (χ0) is 9.84. The largest absolute Gasteiger partial charge is 0.324 e. The standard InChI is InChI=1S/C9H10F2IN.ClH/c10-4-3-9(13)7-5-6(12)1-2-8(7)11;/h1-2,5,9H,3-4,13H2;1H/t9-;/m0./s1. The van der Waals surface area contributed by atoms with Gasteiger partial charge >= 0.3 is 0 Å². The molecule has 80 valence electrons. The monoisotopic (exact) mass is 333 g/mol. The second-order valence-electron chi connectivity index (χ2n) is 2.75. The van der Waals surface area contributed by atoms with Crippen molar-refractivity contribution in [2.24, 2.45) is 5.73 Å². The van der Waals surface area contributed by atoms with E-state index in [0.717, 1.165) is 3.57 Å². The van der Waals surface area contributed by atoms with Gasteiger partial charge < -0.3 is 5.73 Å². The molecule has 0 heterocycles. The van der Waals surface area contributed by atoms with Crippen molar-refractivity contribution in [1.29, 1.82) is 0 Å². The van der Waals surface area contributed by atoms with Crippen LogP contribution < -0.4 is 5.73 Å². The highest BCUT2D eigenvalue weighted by atomic mass is 127. The summed E-state index contributed by atoms with van der Waals surface area (Å²) in [4.78, 5) is 0. The van der Waals surface area contributed by atoms with Crippen molar-refractivity contribution in [3.8, 4) is 0 Å². The first kappa shape index (κ1) is 14.1. The van der Waals surface area contributed by atoms with E-state index in [4.69, 9.17) is 5.73 Å². The maximum Gasteiger partial charge on any atom is 0.128 e. The summed E-state index contributed by atoms with van der Waals surface area (Å²) in [5, 5.41) is 0. The van der Waals surface area contributed by atoms with E-state index in [1.165, 1.54) is 6.07 Å². The Morgan fingerprint density at radius 2 is 2.07 bits per heavy atom. The second kappa shape index (κ2) is 6.53. The van der Waals surface area contributed by atoms with Crippen molar-refractivity contribution in [1.82, 2.24) is 0 Å². The van der Waals surface area contributed by atoms with Crippen LogP contribution in [0.3, 0.4) is 0 Å². The Kier molecular flexibility index (Phi) is 6.55. The molecule has 2 N–H and O–H groups in total. The highest BCUT2D eigenvalue weighted by Crippen LogP contribution is 2.20. The van der Waals surface area contributed by atoms with E-state index >= 15 is 0 Å². The molecule has 0 radical (unpaired) electrons. The van der Waals surface area contributed by atoms with Crippen molar-refractivity contribution < 1.29 is 8.78 Å². The number of alkyl halides is 1. The average molecular weight is 334 g/mol. The van der Waals surface area contributed by atoms with Crippen LogP contribution in [0, 0.1) is 9.39 Å². The predicted molar refractivity (Wildman–Crippen MR) is 63.9 cm³/mol. The first-order chi connectivity index (χ1) is 6.15. The van der Waals surface area contributed by atoms with Gasteiger partial charge in [0.05, 0.1) is 6.67 Å². The number of hydrogen-bond acceptors (Lipinski definition) is 1. The van der Waals surface area contributed by atoms with Crippen molar-refractivity contribution in [2.75, 3.05) is 6.67 Å². The summed E-state index contributed by atoms with van der Waals surface area (Å²) in [5.41, 5.74) is 5.98. The molecule has 0 aromatic heterocycles. The second-order valence-corrected chi connectivity index (χ2v) is 4.00. The van der Waals surface area contributed by atoms with Crippen LogP contribution in [0.25, 0.3) is 0 Å². The van der Waals surface area contributed by atoms with E-state index in [1.54, 1.807) is 12.1 Å². The first-order valence-electron chi connectivity index (χ1n) is 3.91. The van der Waals surface area contributed by atoms with Gasteiger partial charge in [-0.2, -0.15) is 0 Å². The van der Waals surface area contributed by atoms with Crippen molar-refractivity contribution in [3.05, 3.63) is 33.1 Å². The van der Waals surface area contributed by atoms with Gasteiger partial charge in [-0.25, -0.2) is 4.39 Å². The van der Waals surface area contributed by atoms with Crippen LogP contribution in [-0.4, -0.2) is 6.67 Å². The SMILES string of the molecule is Cl.N[C@@H](CCF)c1cc(I)ccc1F. The van der Waals surface area contributed by atoms with Crippen LogP contribution in [0.2, 0.25) is 0 Å². The highest BCUT2D eigenvalue weighted by molar-refractivity contribution is 14.1. The Labute approximate surface area is 102 Å². The van der Waals surface area contributed by atoms with Gasteiger partial charge in [0.25, 0.3) is 0 Å². The number of benzene rings is 1. The van der Waals surface area contributed by atoms with Crippen LogP contribution in [0.1, 0.15) is 18.0 Å². The number of halogens is 4. The fourth-order valence-corrected chi connectivity index (χ4v) is 1.59. The lowest BCUT2D eigenvalue weighted by molar-refractivity contribution is 0.435. The molecule has 1 rings (SSSR count). The summed E-state index contributed by atoms with van der Waals surface area (Å²) in [5.74, 6) is -0.360. The third kappa shape index (κ3) is 3.67. The van der Waals surface area contributed by atoms with Gasteiger partial charge in [-0.05, 0) is 47.2 Å².